The molecule has 0 radical (unpaired) electrons. The summed E-state index contributed by atoms with van der Waals surface area (Å²) in [5.74, 6) is -0.266. The van der Waals surface area contributed by atoms with Crippen molar-refractivity contribution in [2.24, 2.45) is 0 Å². The monoisotopic (exact) mass is 245 g/mol. The van der Waals surface area contributed by atoms with Crippen LogP contribution in [-0.4, -0.2) is 33.6 Å². The number of hydrogen-bond donors (Lipinski definition) is 1. The van der Waals surface area contributed by atoms with Crippen molar-refractivity contribution in [2.45, 2.75) is 19.8 Å². The molecule has 0 spiro atoms. The second kappa shape index (κ2) is 4.01. The number of carbonyl (C=O) groups is 1. The molecule has 1 aliphatic heterocycles. The van der Waals surface area contributed by atoms with Crippen LogP contribution >= 0.6 is 0 Å². The Bertz CT molecular complexity index is 612. The van der Waals surface area contributed by atoms with Crippen LogP contribution in [0, 0.1) is 6.92 Å². The van der Waals surface area contributed by atoms with Crippen LogP contribution in [0.15, 0.2) is 18.3 Å². The number of carboxylic acids is 1. The molecule has 1 saturated heterocycles. The smallest absolute Gasteiger partial charge is 0.356 e. The molecule has 2 aromatic heterocycles. The number of pyridine rings is 1. The van der Waals surface area contributed by atoms with Crippen LogP contribution < -0.4 is 4.90 Å². The Balaban J connectivity index is 2.12. The fraction of sp³-hybridized carbons (Fsp3) is 0.385. The van der Waals surface area contributed by atoms with Gasteiger partial charge in [-0.2, -0.15) is 0 Å². The summed E-state index contributed by atoms with van der Waals surface area (Å²) in [6.07, 6.45) is 4.43. The van der Waals surface area contributed by atoms with Gasteiger partial charge in [0.05, 0.1) is 11.2 Å². The fourth-order valence-corrected chi connectivity index (χ4v) is 2.54. The van der Waals surface area contributed by atoms with E-state index in [0.29, 0.717) is 11.3 Å². The summed E-state index contributed by atoms with van der Waals surface area (Å²) in [6, 6.07) is 3.82. The van der Waals surface area contributed by atoms with Gasteiger partial charge in [0, 0.05) is 19.3 Å². The van der Waals surface area contributed by atoms with Crippen molar-refractivity contribution in [3.63, 3.8) is 0 Å². The molecule has 94 valence electrons. The van der Waals surface area contributed by atoms with E-state index in [4.69, 9.17) is 5.11 Å². The van der Waals surface area contributed by atoms with Gasteiger partial charge in [0.15, 0.2) is 5.69 Å². The van der Waals surface area contributed by atoms with Gasteiger partial charge in [0.1, 0.15) is 5.82 Å². The first-order valence-corrected chi connectivity index (χ1v) is 6.14. The quantitative estimate of drug-likeness (QED) is 0.878. The number of fused-ring (bicyclic) bond motifs is 1. The minimum absolute atomic E-state index is 0.125. The number of nitrogens with zero attached hydrogens (tertiary/aromatic N) is 3. The molecular weight excluding hydrogens is 230 g/mol. The Labute approximate surface area is 105 Å². The summed E-state index contributed by atoms with van der Waals surface area (Å²) in [4.78, 5) is 17.5. The lowest BCUT2D eigenvalue weighted by Crippen LogP contribution is -2.17. The van der Waals surface area contributed by atoms with Gasteiger partial charge in [-0.05, 0) is 31.9 Å². The van der Waals surface area contributed by atoms with E-state index in [1.807, 2.05) is 29.7 Å². The highest BCUT2D eigenvalue weighted by Crippen LogP contribution is 2.23. The van der Waals surface area contributed by atoms with E-state index in [-0.39, 0.29) is 5.69 Å². The number of anilines is 1. The number of hydrogen-bond acceptors (Lipinski definition) is 3. The minimum atomic E-state index is -0.977. The Morgan fingerprint density at radius 3 is 2.72 bits per heavy atom. The zero-order valence-corrected chi connectivity index (χ0v) is 10.3. The summed E-state index contributed by atoms with van der Waals surface area (Å²) in [6.45, 7) is 3.98. The largest absolute Gasteiger partial charge is 0.476 e. The average molecular weight is 245 g/mol. The van der Waals surface area contributed by atoms with Crippen LogP contribution in [-0.2, 0) is 0 Å². The molecule has 0 bridgehead atoms. The topological polar surface area (TPSA) is 57.8 Å². The van der Waals surface area contributed by atoms with Gasteiger partial charge in [0.25, 0.3) is 0 Å². The molecule has 0 amide bonds. The molecular formula is C13H15N3O2. The average Bonchev–Trinajstić information content (AvgIpc) is 2.97. The molecule has 1 aliphatic rings. The summed E-state index contributed by atoms with van der Waals surface area (Å²) in [5.41, 5.74) is 1.92. The van der Waals surface area contributed by atoms with E-state index in [1.54, 1.807) is 0 Å². The van der Waals surface area contributed by atoms with Crippen LogP contribution in [0.2, 0.25) is 0 Å². The lowest BCUT2D eigenvalue weighted by Gasteiger charge is -2.17. The zero-order valence-electron chi connectivity index (χ0n) is 10.3. The first-order chi connectivity index (χ1) is 8.66. The van der Waals surface area contributed by atoms with Crippen molar-refractivity contribution < 1.29 is 9.90 Å². The van der Waals surface area contributed by atoms with Crippen LogP contribution in [0.4, 0.5) is 5.69 Å². The first kappa shape index (κ1) is 11.1. The predicted molar refractivity (Wildman–Crippen MR) is 68.3 cm³/mol. The molecule has 18 heavy (non-hydrogen) atoms. The lowest BCUT2D eigenvalue weighted by atomic mass is 10.3. The van der Waals surface area contributed by atoms with Crippen molar-refractivity contribution in [3.05, 3.63) is 29.8 Å². The zero-order chi connectivity index (χ0) is 12.7. The molecule has 3 heterocycles. The molecule has 1 fully saturated rings. The number of aromatic nitrogens is 2. The van der Waals surface area contributed by atoms with Gasteiger partial charge in [-0.15, -0.1) is 0 Å². The fourth-order valence-electron chi connectivity index (χ4n) is 2.54. The van der Waals surface area contributed by atoms with E-state index in [2.05, 4.69) is 9.88 Å². The van der Waals surface area contributed by atoms with Crippen molar-refractivity contribution in [1.82, 2.24) is 9.38 Å². The second-order valence-electron chi connectivity index (χ2n) is 4.65. The van der Waals surface area contributed by atoms with Gasteiger partial charge in [0.2, 0.25) is 0 Å². The summed E-state index contributed by atoms with van der Waals surface area (Å²) in [7, 11) is 0. The first-order valence-electron chi connectivity index (χ1n) is 6.14. The Morgan fingerprint density at radius 2 is 2.06 bits per heavy atom. The molecule has 0 aliphatic carbocycles. The third kappa shape index (κ3) is 1.63. The predicted octanol–water partition coefficient (Wildman–Crippen LogP) is 1.94. The molecule has 0 saturated carbocycles. The molecule has 5 nitrogen and oxygen atoms in total. The Hall–Kier alpha value is -2.04. The molecule has 3 rings (SSSR count). The lowest BCUT2D eigenvalue weighted by molar-refractivity contribution is 0.0693. The highest BCUT2D eigenvalue weighted by atomic mass is 16.4. The van der Waals surface area contributed by atoms with E-state index in [1.165, 1.54) is 12.8 Å². The van der Waals surface area contributed by atoms with Crippen molar-refractivity contribution in [3.8, 4) is 0 Å². The molecule has 5 heteroatoms. The number of imidazole rings is 1. The highest BCUT2D eigenvalue weighted by Gasteiger charge is 2.17. The highest BCUT2D eigenvalue weighted by molar-refractivity contribution is 5.93. The molecule has 0 aromatic carbocycles. The van der Waals surface area contributed by atoms with Crippen LogP contribution in [0.25, 0.3) is 5.52 Å². The third-order valence-electron chi connectivity index (χ3n) is 3.47. The Morgan fingerprint density at radius 1 is 1.33 bits per heavy atom. The summed E-state index contributed by atoms with van der Waals surface area (Å²) < 4.78 is 1.86. The number of rotatable bonds is 2. The summed E-state index contributed by atoms with van der Waals surface area (Å²) in [5, 5.41) is 9.09. The SMILES string of the molecule is Cc1nc(C(=O)O)c2ccc(N3CCCC3)cn12. The van der Waals surface area contributed by atoms with Crippen LogP contribution in [0.1, 0.15) is 29.2 Å². The standard InChI is InChI=1S/C13H15N3O2/c1-9-14-12(13(17)18)11-5-4-10(8-16(9)11)15-6-2-3-7-15/h4-5,8H,2-3,6-7H2,1H3,(H,17,18). The van der Waals surface area contributed by atoms with E-state index in [9.17, 15) is 4.79 Å². The van der Waals surface area contributed by atoms with E-state index >= 15 is 0 Å². The van der Waals surface area contributed by atoms with Crippen molar-refractivity contribution >= 4 is 17.2 Å². The molecule has 0 atom stereocenters. The second-order valence-corrected chi connectivity index (χ2v) is 4.65. The van der Waals surface area contributed by atoms with Gasteiger partial charge < -0.3 is 14.4 Å². The van der Waals surface area contributed by atoms with E-state index < -0.39 is 5.97 Å². The number of carboxylic acid groups (broad SMARTS) is 1. The van der Waals surface area contributed by atoms with Crippen LogP contribution in [0.5, 0.6) is 0 Å². The van der Waals surface area contributed by atoms with Gasteiger partial charge >= 0.3 is 5.97 Å². The number of aryl methyl sites for hydroxylation is 1. The van der Waals surface area contributed by atoms with Crippen molar-refractivity contribution in [1.29, 1.82) is 0 Å². The third-order valence-corrected chi connectivity index (χ3v) is 3.47. The van der Waals surface area contributed by atoms with Crippen molar-refractivity contribution in [2.75, 3.05) is 18.0 Å². The maximum Gasteiger partial charge on any atom is 0.356 e. The van der Waals surface area contributed by atoms with Gasteiger partial charge in [-0.25, -0.2) is 9.78 Å². The Kier molecular flexibility index (Phi) is 2.47. The minimum Gasteiger partial charge on any atom is -0.476 e. The normalized spacial score (nSPS) is 15.5. The molecule has 2 aromatic rings. The summed E-state index contributed by atoms with van der Waals surface area (Å²) >= 11 is 0. The van der Waals surface area contributed by atoms with Gasteiger partial charge in [-0.3, -0.25) is 0 Å². The molecule has 0 unspecified atom stereocenters. The van der Waals surface area contributed by atoms with Gasteiger partial charge in [-0.1, -0.05) is 0 Å². The molecule has 1 N–H and O–H groups in total. The number of aromatic carboxylic acids is 1. The van der Waals surface area contributed by atoms with E-state index in [0.717, 1.165) is 18.8 Å². The maximum atomic E-state index is 11.1. The van der Waals surface area contributed by atoms with Crippen LogP contribution in [0.3, 0.4) is 0 Å². The maximum absolute atomic E-state index is 11.1.